The van der Waals surface area contributed by atoms with Crippen LogP contribution in [0.2, 0.25) is 5.02 Å². The Kier molecular flexibility index (Phi) is 1.66. The van der Waals surface area contributed by atoms with Crippen LogP contribution in [0.4, 0.5) is 0 Å². The summed E-state index contributed by atoms with van der Waals surface area (Å²) in [5, 5.41) is 11.6. The number of rotatable bonds is 0. The van der Waals surface area contributed by atoms with Gasteiger partial charge in [0.2, 0.25) is 0 Å². The molecule has 1 radical (unpaired) electrons. The molecule has 2 aromatic rings. The van der Waals surface area contributed by atoms with Crippen LogP contribution in [0.25, 0.3) is 10.8 Å². The molecule has 0 bridgehead atoms. The third-order valence-corrected chi connectivity index (χ3v) is 2.11. The zero-order chi connectivity index (χ0) is 8.55. The van der Waals surface area contributed by atoms with Crippen molar-refractivity contribution >= 4 is 22.4 Å². The van der Waals surface area contributed by atoms with Crippen molar-refractivity contribution in [1.82, 2.24) is 0 Å². The van der Waals surface area contributed by atoms with Crippen molar-refractivity contribution in [2.24, 2.45) is 0 Å². The average molecular weight is 178 g/mol. The predicted molar refractivity (Wildman–Crippen MR) is 49.5 cm³/mol. The summed E-state index contributed by atoms with van der Waals surface area (Å²) in [7, 11) is 0. The molecule has 1 nitrogen and oxygen atoms in total. The summed E-state index contributed by atoms with van der Waals surface area (Å²) in [5.74, 6) is 0.148. The SMILES string of the molecule is Oc1[c]ccc2c(Cl)cccc12. The standard InChI is InChI=1S/C10H6ClO/c11-9-5-1-4-8-7(9)3-2-6-10(8)12/h1-5,12H. The van der Waals surface area contributed by atoms with E-state index in [0.717, 1.165) is 10.8 Å². The highest BCUT2D eigenvalue weighted by atomic mass is 35.5. The molecule has 0 saturated carbocycles. The molecule has 0 spiro atoms. The number of hydrogen-bond acceptors (Lipinski definition) is 1. The summed E-state index contributed by atoms with van der Waals surface area (Å²) in [4.78, 5) is 0. The zero-order valence-electron chi connectivity index (χ0n) is 6.21. The lowest BCUT2D eigenvalue weighted by molar-refractivity contribution is 0.480. The summed E-state index contributed by atoms with van der Waals surface area (Å²) in [6, 6.07) is 11.6. The molecule has 0 amide bonds. The maximum atomic E-state index is 9.38. The van der Waals surface area contributed by atoms with Crippen molar-refractivity contribution in [3.05, 3.63) is 41.4 Å². The Bertz CT molecular complexity index is 382. The van der Waals surface area contributed by atoms with Crippen molar-refractivity contribution in [3.63, 3.8) is 0 Å². The Morgan fingerprint density at radius 3 is 2.75 bits per heavy atom. The van der Waals surface area contributed by atoms with Crippen LogP contribution >= 0.6 is 11.6 Å². The Labute approximate surface area is 75.2 Å². The van der Waals surface area contributed by atoms with Gasteiger partial charge in [-0.3, -0.25) is 0 Å². The Morgan fingerprint density at radius 2 is 2.00 bits per heavy atom. The lowest BCUT2D eigenvalue weighted by Gasteiger charge is -2.00. The van der Waals surface area contributed by atoms with E-state index < -0.39 is 0 Å². The number of fused-ring (bicyclic) bond motifs is 1. The van der Waals surface area contributed by atoms with E-state index in [1.54, 1.807) is 18.2 Å². The molecule has 0 aromatic heterocycles. The molecule has 0 aliphatic heterocycles. The maximum absolute atomic E-state index is 9.38. The molecule has 1 N–H and O–H groups in total. The maximum Gasteiger partial charge on any atom is 0.131 e. The number of aromatic hydroxyl groups is 1. The first-order valence-corrected chi connectivity index (χ1v) is 3.95. The fourth-order valence-corrected chi connectivity index (χ4v) is 1.43. The van der Waals surface area contributed by atoms with Crippen molar-refractivity contribution in [3.8, 4) is 5.75 Å². The van der Waals surface area contributed by atoms with Gasteiger partial charge < -0.3 is 5.11 Å². The third-order valence-electron chi connectivity index (χ3n) is 1.78. The van der Waals surface area contributed by atoms with E-state index in [1.807, 2.05) is 12.1 Å². The van der Waals surface area contributed by atoms with Crippen molar-refractivity contribution in [1.29, 1.82) is 0 Å². The quantitative estimate of drug-likeness (QED) is 0.656. The molecule has 0 aliphatic carbocycles. The highest BCUT2D eigenvalue weighted by molar-refractivity contribution is 6.35. The lowest BCUT2D eigenvalue weighted by Crippen LogP contribution is -1.74. The summed E-state index contributed by atoms with van der Waals surface area (Å²) in [6.45, 7) is 0. The fraction of sp³-hybridized carbons (Fsp3) is 0. The molecule has 0 saturated heterocycles. The lowest BCUT2D eigenvalue weighted by atomic mass is 10.1. The minimum absolute atomic E-state index is 0.148. The van der Waals surface area contributed by atoms with Gasteiger partial charge in [-0.2, -0.15) is 0 Å². The van der Waals surface area contributed by atoms with Crippen LogP contribution in [0, 0.1) is 6.07 Å². The van der Waals surface area contributed by atoms with E-state index in [-0.39, 0.29) is 5.75 Å². The average Bonchev–Trinajstić information content (AvgIpc) is 2.07. The molecule has 2 aromatic carbocycles. The molecule has 0 atom stereocenters. The van der Waals surface area contributed by atoms with Crippen LogP contribution in [-0.2, 0) is 0 Å². The van der Waals surface area contributed by atoms with Crippen molar-refractivity contribution < 1.29 is 5.11 Å². The van der Waals surface area contributed by atoms with Crippen LogP contribution in [0.3, 0.4) is 0 Å². The molecule has 12 heavy (non-hydrogen) atoms. The fourth-order valence-electron chi connectivity index (χ4n) is 1.19. The number of benzene rings is 2. The first-order valence-electron chi connectivity index (χ1n) is 3.57. The molecule has 2 rings (SSSR count). The minimum Gasteiger partial charge on any atom is -0.507 e. The van der Waals surface area contributed by atoms with Gasteiger partial charge >= 0.3 is 0 Å². The second-order valence-corrected chi connectivity index (χ2v) is 2.93. The van der Waals surface area contributed by atoms with Gasteiger partial charge in [0.25, 0.3) is 0 Å². The molecular weight excluding hydrogens is 172 g/mol. The van der Waals surface area contributed by atoms with Crippen LogP contribution in [0.1, 0.15) is 0 Å². The molecule has 2 heteroatoms. The monoisotopic (exact) mass is 177 g/mol. The van der Waals surface area contributed by atoms with Gasteiger partial charge in [-0.05, 0) is 12.1 Å². The number of phenolic OH excluding ortho intramolecular Hbond substituents is 1. The first kappa shape index (κ1) is 7.44. The summed E-state index contributed by atoms with van der Waals surface area (Å²) in [5.41, 5.74) is 0. The van der Waals surface area contributed by atoms with Gasteiger partial charge in [0.05, 0.1) is 0 Å². The molecule has 0 aliphatic rings. The summed E-state index contributed by atoms with van der Waals surface area (Å²) < 4.78 is 0. The highest BCUT2D eigenvalue weighted by Crippen LogP contribution is 2.28. The van der Waals surface area contributed by atoms with Crippen LogP contribution in [0.5, 0.6) is 5.75 Å². The van der Waals surface area contributed by atoms with Crippen LogP contribution in [-0.4, -0.2) is 5.11 Å². The van der Waals surface area contributed by atoms with Gasteiger partial charge in [0.15, 0.2) is 0 Å². The van der Waals surface area contributed by atoms with E-state index in [9.17, 15) is 5.11 Å². The topological polar surface area (TPSA) is 20.2 Å². The van der Waals surface area contributed by atoms with Crippen molar-refractivity contribution in [2.75, 3.05) is 0 Å². The van der Waals surface area contributed by atoms with E-state index >= 15 is 0 Å². The second-order valence-electron chi connectivity index (χ2n) is 2.53. The number of hydrogen-bond donors (Lipinski definition) is 1. The van der Waals surface area contributed by atoms with Crippen LogP contribution < -0.4 is 0 Å². The van der Waals surface area contributed by atoms with E-state index in [1.165, 1.54) is 0 Å². The minimum atomic E-state index is 0.148. The predicted octanol–water partition coefficient (Wildman–Crippen LogP) is 3.00. The van der Waals surface area contributed by atoms with Crippen LogP contribution in [0.15, 0.2) is 30.3 Å². The number of halogens is 1. The Balaban J connectivity index is 2.94. The molecule has 59 valence electrons. The second kappa shape index (κ2) is 2.68. The van der Waals surface area contributed by atoms with Gasteiger partial charge in [0.1, 0.15) is 5.75 Å². The van der Waals surface area contributed by atoms with E-state index in [2.05, 4.69) is 6.07 Å². The zero-order valence-corrected chi connectivity index (χ0v) is 6.97. The van der Waals surface area contributed by atoms with Gasteiger partial charge in [0, 0.05) is 21.9 Å². The first-order chi connectivity index (χ1) is 5.79. The normalized spacial score (nSPS) is 10.4. The Morgan fingerprint density at radius 1 is 1.17 bits per heavy atom. The van der Waals surface area contributed by atoms with Gasteiger partial charge in [-0.1, -0.05) is 29.8 Å². The van der Waals surface area contributed by atoms with E-state index in [0.29, 0.717) is 5.02 Å². The summed E-state index contributed by atoms with van der Waals surface area (Å²) >= 11 is 5.90. The number of phenols is 1. The smallest absolute Gasteiger partial charge is 0.131 e. The Hall–Kier alpha value is -1.21. The molecule has 0 heterocycles. The largest absolute Gasteiger partial charge is 0.507 e. The molecule has 0 fully saturated rings. The van der Waals surface area contributed by atoms with Gasteiger partial charge in [-0.15, -0.1) is 0 Å². The molecule has 0 unspecified atom stereocenters. The van der Waals surface area contributed by atoms with E-state index in [4.69, 9.17) is 11.6 Å². The molecular formula is C10H6ClO. The van der Waals surface area contributed by atoms with Crippen molar-refractivity contribution in [2.45, 2.75) is 0 Å². The summed E-state index contributed by atoms with van der Waals surface area (Å²) in [6.07, 6.45) is 0. The third kappa shape index (κ3) is 1.03. The highest BCUT2D eigenvalue weighted by Gasteiger charge is 2.00. The van der Waals surface area contributed by atoms with Gasteiger partial charge in [-0.25, -0.2) is 0 Å².